The van der Waals surface area contributed by atoms with Crippen molar-refractivity contribution in [1.29, 1.82) is 5.26 Å². The van der Waals surface area contributed by atoms with Gasteiger partial charge in [-0.1, -0.05) is 23.2 Å². The number of ether oxygens (including phenoxy) is 1. The van der Waals surface area contributed by atoms with Crippen LogP contribution in [0.15, 0.2) is 39.9 Å². The second-order valence-electron chi connectivity index (χ2n) is 7.26. The fourth-order valence-electron chi connectivity index (χ4n) is 3.15. The summed E-state index contributed by atoms with van der Waals surface area (Å²) in [7, 11) is 0. The number of rotatable bonds is 3. The number of hydrogen-bond acceptors (Lipinski definition) is 6. The lowest BCUT2D eigenvalue weighted by atomic mass is 9.86. The first-order valence-corrected chi connectivity index (χ1v) is 9.64. The van der Waals surface area contributed by atoms with Gasteiger partial charge in [0.2, 0.25) is 11.6 Å². The molecule has 0 saturated heterocycles. The SMILES string of the molecule is CC1(C)C(=O)Nc2ccc(Oc3c(Cl)cc(-n4nc(C#N)c(=O)[nH]c4=O)cc3Cl)cc21. The van der Waals surface area contributed by atoms with E-state index in [2.05, 4.69) is 10.4 Å². The molecule has 0 unspecified atom stereocenters. The van der Waals surface area contributed by atoms with Gasteiger partial charge in [-0.25, -0.2) is 4.79 Å². The van der Waals surface area contributed by atoms with E-state index < -0.39 is 22.4 Å². The largest absolute Gasteiger partial charge is 0.454 e. The summed E-state index contributed by atoms with van der Waals surface area (Å²) < 4.78 is 6.66. The Hall–Kier alpha value is -3.61. The van der Waals surface area contributed by atoms with E-state index in [0.29, 0.717) is 11.4 Å². The Labute approximate surface area is 184 Å². The third kappa shape index (κ3) is 3.46. The number of amides is 1. The van der Waals surface area contributed by atoms with Crippen LogP contribution in [-0.2, 0) is 10.2 Å². The molecule has 0 fully saturated rings. The summed E-state index contributed by atoms with van der Waals surface area (Å²) in [4.78, 5) is 37.8. The molecule has 0 bridgehead atoms. The summed E-state index contributed by atoms with van der Waals surface area (Å²) in [6.45, 7) is 3.61. The molecule has 2 aromatic carbocycles. The second-order valence-corrected chi connectivity index (χ2v) is 8.07. The monoisotopic (exact) mass is 457 g/mol. The molecule has 0 atom stereocenters. The highest BCUT2D eigenvalue weighted by molar-refractivity contribution is 6.37. The van der Waals surface area contributed by atoms with Crippen LogP contribution < -0.4 is 21.3 Å². The summed E-state index contributed by atoms with van der Waals surface area (Å²) in [6, 6.07) is 9.43. The predicted octanol–water partition coefficient (Wildman–Crippen LogP) is 3.12. The van der Waals surface area contributed by atoms with Crippen LogP contribution in [0.25, 0.3) is 5.69 Å². The summed E-state index contributed by atoms with van der Waals surface area (Å²) in [5, 5.41) is 15.6. The Bertz CT molecular complexity index is 1400. The molecule has 31 heavy (non-hydrogen) atoms. The summed E-state index contributed by atoms with van der Waals surface area (Å²) in [6.07, 6.45) is 0. The van der Waals surface area contributed by atoms with Crippen molar-refractivity contribution < 1.29 is 9.53 Å². The lowest BCUT2D eigenvalue weighted by molar-refractivity contribution is -0.119. The van der Waals surface area contributed by atoms with Crippen molar-refractivity contribution in [3.63, 3.8) is 0 Å². The standard InChI is InChI=1S/C20H13Cl2N5O4/c1-20(2)11-7-10(3-4-14(11)24-18(20)29)31-16-12(21)5-9(6-13(16)22)27-19(30)25-17(28)15(8-23)26-27/h3-7H,1-2H3,(H,24,29)(H,25,28,30). The van der Waals surface area contributed by atoms with Gasteiger partial charge in [0.05, 0.1) is 21.1 Å². The van der Waals surface area contributed by atoms with Crippen molar-refractivity contribution in [3.05, 3.63) is 72.5 Å². The Morgan fingerprint density at radius 1 is 1.13 bits per heavy atom. The molecule has 3 aromatic rings. The van der Waals surface area contributed by atoms with Crippen LogP contribution in [-0.4, -0.2) is 20.7 Å². The third-order valence-electron chi connectivity index (χ3n) is 4.86. The summed E-state index contributed by atoms with van der Waals surface area (Å²) >= 11 is 12.7. The van der Waals surface area contributed by atoms with Crippen LogP contribution in [0.5, 0.6) is 11.5 Å². The van der Waals surface area contributed by atoms with E-state index >= 15 is 0 Å². The van der Waals surface area contributed by atoms with Crippen LogP contribution >= 0.6 is 23.2 Å². The maximum absolute atomic E-state index is 12.1. The highest BCUT2D eigenvalue weighted by Gasteiger charge is 2.38. The number of nitrogens with one attached hydrogen (secondary N) is 2. The smallest absolute Gasteiger partial charge is 0.349 e. The van der Waals surface area contributed by atoms with Crippen LogP contribution in [0.2, 0.25) is 10.0 Å². The van der Waals surface area contributed by atoms with Gasteiger partial charge in [0.1, 0.15) is 11.8 Å². The van der Waals surface area contributed by atoms with E-state index in [4.69, 9.17) is 33.2 Å². The molecule has 0 radical (unpaired) electrons. The minimum atomic E-state index is -0.895. The fourth-order valence-corrected chi connectivity index (χ4v) is 3.70. The third-order valence-corrected chi connectivity index (χ3v) is 5.42. The molecule has 1 aliphatic heterocycles. The Morgan fingerprint density at radius 2 is 1.81 bits per heavy atom. The van der Waals surface area contributed by atoms with Crippen molar-refractivity contribution in [2.75, 3.05) is 5.32 Å². The molecule has 11 heteroatoms. The number of aromatic nitrogens is 3. The molecule has 0 spiro atoms. The van der Waals surface area contributed by atoms with Gasteiger partial charge in [-0.3, -0.25) is 14.6 Å². The number of anilines is 1. The topological polar surface area (TPSA) is 130 Å². The van der Waals surface area contributed by atoms with E-state index in [9.17, 15) is 14.4 Å². The first-order valence-electron chi connectivity index (χ1n) is 8.89. The highest BCUT2D eigenvalue weighted by atomic mass is 35.5. The molecular formula is C20H13Cl2N5O4. The first kappa shape index (κ1) is 20.7. The number of halogens is 2. The maximum Gasteiger partial charge on any atom is 0.349 e. The maximum atomic E-state index is 12.1. The average Bonchev–Trinajstić information content (AvgIpc) is 2.93. The Morgan fingerprint density at radius 3 is 2.45 bits per heavy atom. The molecule has 2 heterocycles. The van der Waals surface area contributed by atoms with Crippen LogP contribution in [0.4, 0.5) is 5.69 Å². The zero-order valence-corrected chi connectivity index (χ0v) is 17.6. The van der Waals surface area contributed by atoms with Crippen molar-refractivity contribution in [2.24, 2.45) is 0 Å². The minimum absolute atomic E-state index is 0.0647. The highest BCUT2D eigenvalue weighted by Crippen LogP contribution is 2.42. The summed E-state index contributed by atoms with van der Waals surface area (Å²) in [5.41, 5.74) is -1.36. The second kappa shape index (κ2) is 7.27. The van der Waals surface area contributed by atoms with Gasteiger partial charge in [0.25, 0.3) is 5.56 Å². The molecule has 4 rings (SSSR count). The van der Waals surface area contributed by atoms with Gasteiger partial charge in [-0.05, 0) is 49.7 Å². The number of hydrogen-bond donors (Lipinski definition) is 2. The van der Waals surface area contributed by atoms with Crippen molar-refractivity contribution >= 4 is 34.8 Å². The first-order chi connectivity index (χ1) is 14.6. The Kier molecular flexibility index (Phi) is 4.84. The van der Waals surface area contributed by atoms with E-state index in [1.807, 2.05) is 4.98 Å². The van der Waals surface area contributed by atoms with E-state index in [-0.39, 0.29) is 27.4 Å². The van der Waals surface area contributed by atoms with Crippen LogP contribution in [0.1, 0.15) is 25.1 Å². The molecule has 0 aliphatic carbocycles. The van der Waals surface area contributed by atoms with Crippen LogP contribution in [0.3, 0.4) is 0 Å². The quantitative estimate of drug-likeness (QED) is 0.621. The van der Waals surface area contributed by atoms with Crippen molar-refractivity contribution in [3.8, 4) is 23.3 Å². The molecule has 1 amide bonds. The molecular weight excluding hydrogens is 445 g/mol. The zero-order chi connectivity index (χ0) is 22.5. The van der Waals surface area contributed by atoms with E-state index in [1.165, 1.54) is 12.1 Å². The number of nitriles is 1. The predicted molar refractivity (Wildman–Crippen MR) is 113 cm³/mol. The number of carbonyl (C=O) groups excluding carboxylic acids is 1. The molecule has 0 saturated carbocycles. The zero-order valence-electron chi connectivity index (χ0n) is 16.1. The number of aromatic amines is 1. The van der Waals surface area contributed by atoms with Gasteiger partial charge in [-0.15, -0.1) is 5.10 Å². The fraction of sp³-hybridized carbons (Fsp3) is 0.150. The molecule has 1 aliphatic rings. The molecule has 9 nitrogen and oxygen atoms in total. The van der Waals surface area contributed by atoms with E-state index in [1.54, 1.807) is 38.1 Å². The van der Waals surface area contributed by atoms with Crippen LogP contribution in [0, 0.1) is 11.3 Å². The molecule has 1 aromatic heterocycles. The van der Waals surface area contributed by atoms with Gasteiger partial charge >= 0.3 is 5.69 Å². The lowest BCUT2D eigenvalue weighted by Gasteiger charge is -2.17. The van der Waals surface area contributed by atoms with Gasteiger partial charge in [0, 0.05) is 5.69 Å². The summed E-state index contributed by atoms with van der Waals surface area (Å²) in [5.74, 6) is 0.418. The minimum Gasteiger partial charge on any atom is -0.454 e. The average molecular weight is 458 g/mol. The van der Waals surface area contributed by atoms with E-state index in [0.717, 1.165) is 10.2 Å². The molecule has 156 valence electrons. The normalized spacial score (nSPS) is 14.0. The van der Waals surface area contributed by atoms with Gasteiger partial charge < -0.3 is 10.1 Å². The van der Waals surface area contributed by atoms with Gasteiger partial charge in [0.15, 0.2) is 5.75 Å². The van der Waals surface area contributed by atoms with Crippen molar-refractivity contribution in [2.45, 2.75) is 19.3 Å². The van der Waals surface area contributed by atoms with Crippen molar-refractivity contribution in [1.82, 2.24) is 14.8 Å². The molecule has 2 N–H and O–H groups in total. The Balaban J connectivity index is 1.73. The number of H-pyrrole nitrogens is 1. The van der Waals surface area contributed by atoms with Gasteiger partial charge in [-0.2, -0.15) is 9.94 Å². The number of benzene rings is 2. The number of carbonyl (C=O) groups is 1. The number of fused-ring (bicyclic) bond motifs is 1. The number of nitrogens with zero attached hydrogens (tertiary/aromatic N) is 3. The lowest BCUT2D eigenvalue weighted by Crippen LogP contribution is -2.33.